The topological polar surface area (TPSA) is 650 Å². The van der Waals surface area contributed by atoms with Crippen molar-refractivity contribution in [1.82, 2.24) is 84.7 Å². The molecule has 4 aromatic rings. The molecule has 0 saturated carbocycles. The van der Waals surface area contributed by atoms with Crippen LogP contribution in [0.25, 0.3) is 10.9 Å². The minimum atomic E-state index is -2.06. The number of ketones is 3. The Morgan fingerprint density at radius 1 is 0.500 bits per heavy atom. The van der Waals surface area contributed by atoms with Crippen molar-refractivity contribution in [3.05, 3.63) is 102 Å². The largest absolute Gasteiger partial charge is 0.508 e. The number of carbonyl (C=O) groups excluding carboxylic acids is 19. The molecule has 3 aromatic carbocycles. The zero-order chi connectivity index (χ0) is 103. The van der Waals surface area contributed by atoms with Gasteiger partial charge in [-0.05, 0) is 148 Å². The molecular formula is C97H144N18O23. The second-order valence-corrected chi connectivity index (χ2v) is 37.5. The molecule has 0 spiro atoms. The normalized spacial score (nSPS) is 21.9. The molecule has 1 unspecified atom stereocenters. The fourth-order valence-corrected chi connectivity index (χ4v) is 15.6. The summed E-state index contributed by atoms with van der Waals surface area (Å²) in [6, 6.07) is 1.45. The number of para-hydroxylation sites is 1. The van der Waals surface area contributed by atoms with Crippen molar-refractivity contribution in [1.29, 1.82) is 0 Å². The smallest absolute Gasteiger partial charge is 0.303 e. The summed E-state index contributed by atoms with van der Waals surface area (Å²) in [6.45, 7) is 21.7. The van der Waals surface area contributed by atoms with Gasteiger partial charge >= 0.3 is 5.97 Å². The van der Waals surface area contributed by atoms with Crippen molar-refractivity contribution >= 4 is 129 Å². The summed E-state index contributed by atoms with van der Waals surface area (Å²) in [5.41, 5.74) is 8.91. The number of rotatable bonds is 39. The number of Topliss-reactive ketones (excluding diaryl/α,β-unsaturated/α-hetero) is 3. The predicted molar refractivity (Wildman–Crippen MR) is 510 cm³/mol. The van der Waals surface area contributed by atoms with Crippen molar-refractivity contribution in [2.24, 2.45) is 35.1 Å². The second kappa shape index (κ2) is 56.0. The number of aromatic nitrogens is 1. The molecule has 1 fully saturated rings. The van der Waals surface area contributed by atoms with Gasteiger partial charge in [0.15, 0.2) is 5.78 Å². The maximum Gasteiger partial charge on any atom is 0.303 e. The lowest BCUT2D eigenvalue weighted by molar-refractivity contribution is -0.140. The first-order valence-corrected chi connectivity index (χ1v) is 47.3. The van der Waals surface area contributed by atoms with Gasteiger partial charge in [-0.1, -0.05) is 153 Å². The summed E-state index contributed by atoms with van der Waals surface area (Å²) in [5.74, 6) is -21.0. The average molecular weight is 1930 g/mol. The van der Waals surface area contributed by atoms with E-state index in [2.05, 4.69) is 84.7 Å². The number of H-pyrrole nitrogens is 1. The second-order valence-electron chi connectivity index (χ2n) is 37.5. The maximum atomic E-state index is 15.6. The number of nitrogens with two attached hydrogens (primary N) is 2. The Morgan fingerprint density at radius 2 is 1.02 bits per heavy atom. The molecule has 23 N–H and O–H groups in total. The molecule has 760 valence electrons. The van der Waals surface area contributed by atoms with Gasteiger partial charge in [0.2, 0.25) is 106 Å². The standard InChI is InChI=1S/C97H144N18O23/c1-52(2)44-65-49-76(119)70(38-40-77(98)120)108-86(129)59(10)105-89(132)75(48-66-51-101-69-33-27-26-32-68(66)69)110-90(133)73(47-64-34-36-67(118)37-35-64)109-88(131)71(39-41-78(121)122)112-95(138)97(15,115-92(135)74(46-63-30-24-23-25-31-63)111-93(136)79(61(12)116)113-91(134)72(45-53(3)4)107-62(13)117)43-29-22-20-18-16-17-19-21-28-42-96(14,114-87(65)130)94(137)106-60(11)85(128)104-58(9)84(127)103-57(8)83(126)102-56(7)81(124)80(123)55(6)100-50-54(5)82(99)125/h23-27,30-37,51-61,65,70-75,79,100-101,116,118H,16-22,28-29,38-50H2,1-15H3,(H2,98,120)(H2,99,125)(H,102,126)(H,103,127)(H,104,128)(H,105,132)(H,106,137)(H,107,117)(H,108,129)(H,109,131)(H,110,133)(H,111,136)(H,112,138)(H,113,134)(H,114,130)(H,115,135)(H,121,122)/t54-,55?,56-,57-,58-,59-,60-,61+,65+,70-,71-,72-,73-,74-,75-,79-,96-,97+/m0/s1. The number of aliphatic carboxylic acids is 1. The van der Waals surface area contributed by atoms with E-state index in [1.165, 1.54) is 100 Å². The average Bonchev–Trinajstić information content (AvgIpc) is 1.79. The molecule has 1 aromatic heterocycles. The number of carboxylic acid groups (broad SMARTS) is 1. The fraction of sp³-hybridized carbons (Fsp3) is 0.588. The van der Waals surface area contributed by atoms with Crippen LogP contribution in [-0.4, -0.2) is 240 Å². The number of aliphatic hydroxyl groups excluding tert-OH is 1. The number of fused-ring (bicyclic) bond motifs is 1. The van der Waals surface area contributed by atoms with Crippen LogP contribution in [0.2, 0.25) is 0 Å². The van der Waals surface area contributed by atoms with E-state index in [0.29, 0.717) is 72.5 Å². The highest BCUT2D eigenvalue weighted by Gasteiger charge is 2.44. The van der Waals surface area contributed by atoms with Crippen molar-refractivity contribution in [2.75, 3.05) is 6.54 Å². The number of nitrogens with one attached hydrogen (secondary N) is 16. The first kappa shape index (κ1) is 115. The lowest BCUT2D eigenvalue weighted by atomic mass is 9.86. The van der Waals surface area contributed by atoms with Crippen molar-refractivity contribution < 1.29 is 111 Å². The summed E-state index contributed by atoms with van der Waals surface area (Å²) >= 11 is 0. The number of benzene rings is 3. The molecule has 1 saturated heterocycles. The van der Waals surface area contributed by atoms with Crippen LogP contribution in [0.5, 0.6) is 5.75 Å². The highest BCUT2D eigenvalue weighted by Crippen LogP contribution is 2.27. The van der Waals surface area contributed by atoms with Gasteiger partial charge in [0.05, 0.1) is 24.2 Å². The van der Waals surface area contributed by atoms with E-state index < -0.39 is 264 Å². The van der Waals surface area contributed by atoms with Crippen molar-refractivity contribution in [3.8, 4) is 5.75 Å². The van der Waals surface area contributed by atoms with Crippen LogP contribution >= 0.6 is 0 Å². The SMILES string of the molecule is CC(=O)N[C@@H](CC(C)C)C(=O)N[C@H](C(=O)N[C@@H](Cc1ccccc1)C(=O)N[C@]1(C)CCCCCCCCCCC[C@@](C)(C(=O)N[C@@H](C)C(=O)N[C@@H](C)C(=O)N[C@@H](C)C(=O)N[C@@H](C)C(=O)C(=O)C(C)NC[C@H](C)C(N)=O)NC(=O)[C@H](CC(C)C)CC(=O)[C@H](CCC(N)=O)NC(=O)[C@H](C)NC(=O)[C@H](Cc2c[nH]c3ccccc23)NC(=O)[C@H](Cc2ccc(O)cc2)NC(=O)[C@H](CCC(=O)O)NC1=O)[C@@H](C)O. The number of hydrogen-bond acceptors (Lipinski definition) is 23. The van der Waals surface area contributed by atoms with Gasteiger partial charge in [-0.25, -0.2) is 0 Å². The van der Waals surface area contributed by atoms with Gasteiger partial charge in [0.25, 0.3) is 0 Å². The molecule has 5 rings (SSSR count). The Morgan fingerprint density at radius 3 is 1.58 bits per heavy atom. The van der Waals surface area contributed by atoms with Crippen LogP contribution in [-0.2, 0) is 115 Å². The van der Waals surface area contributed by atoms with E-state index in [-0.39, 0.29) is 75.5 Å². The number of aromatic hydroxyl groups is 1. The Kier molecular flexibility index (Phi) is 46.8. The van der Waals surface area contributed by atoms with Crippen LogP contribution in [0.3, 0.4) is 0 Å². The minimum absolute atomic E-state index is 0.00347. The number of aliphatic hydroxyl groups is 1. The quantitative estimate of drug-likeness (QED) is 0.0280. The number of primary amides is 2. The molecule has 0 aliphatic carbocycles. The molecular weight excluding hydrogens is 1790 g/mol. The van der Waals surface area contributed by atoms with Crippen molar-refractivity contribution in [3.63, 3.8) is 0 Å². The lowest BCUT2D eigenvalue weighted by Gasteiger charge is -2.34. The molecule has 1 aliphatic rings. The number of carboxylic acids is 1. The van der Waals surface area contributed by atoms with Gasteiger partial charge in [-0.3, -0.25) is 95.9 Å². The molecule has 0 bridgehead atoms. The van der Waals surface area contributed by atoms with Crippen LogP contribution in [0.4, 0.5) is 0 Å². The highest BCUT2D eigenvalue weighted by atomic mass is 16.4. The van der Waals surface area contributed by atoms with E-state index in [4.69, 9.17) is 11.5 Å². The number of carbonyl (C=O) groups is 20. The van der Waals surface area contributed by atoms with E-state index in [1.54, 1.807) is 88.5 Å². The Balaban J connectivity index is 1.57. The first-order chi connectivity index (χ1) is 64.8. The van der Waals surface area contributed by atoms with E-state index in [0.717, 1.165) is 0 Å². The van der Waals surface area contributed by atoms with Gasteiger partial charge in [-0.15, -0.1) is 0 Å². The van der Waals surface area contributed by atoms with E-state index in [9.17, 15) is 82.4 Å². The molecule has 0 radical (unpaired) electrons. The zero-order valence-corrected chi connectivity index (χ0v) is 81.7. The lowest BCUT2D eigenvalue weighted by Crippen LogP contribution is -2.65. The summed E-state index contributed by atoms with van der Waals surface area (Å²) in [4.78, 5) is 284. The van der Waals surface area contributed by atoms with Crippen LogP contribution in [0.1, 0.15) is 236 Å². The monoisotopic (exact) mass is 1930 g/mol. The Bertz CT molecular complexity index is 4910. The molecule has 18 atom stereocenters. The summed E-state index contributed by atoms with van der Waals surface area (Å²) in [5, 5.41) is 71.7. The van der Waals surface area contributed by atoms with Crippen molar-refractivity contribution in [2.45, 2.75) is 334 Å². The van der Waals surface area contributed by atoms with E-state index >= 15 is 28.8 Å². The zero-order valence-electron chi connectivity index (χ0n) is 81.7. The van der Waals surface area contributed by atoms with Gasteiger partial charge in [0, 0.05) is 80.9 Å². The number of amides is 16. The molecule has 41 nitrogen and oxygen atoms in total. The maximum absolute atomic E-state index is 15.6. The Labute approximate surface area is 804 Å². The third-order valence-corrected chi connectivity index (χ3v) is 24.1. The fourth-order valence-electron chi connectivity index (χ4n) is 15.6. The summed E-state index contributed by atoms with van der Waals surface area (Å²) in [7, 11) is 0. The molecule has 138 heavy (non-hydrogen) atoms. The van der Waals surface area contributed by atoms with Crippen LogP contribution in [0, 0.1) is 23.7 Å². The third-order valence-electron chi connectivity index (χ3n) is 24.1. The van der Waals surface area contributed by atoms with Gasteiger partial charge in [0.1, 0.15) is 77.2 Å². The predicted octanol–water partition coefficient (Wildman–Crippen LogP) is 1.31. The first-order valence-electron chi connectivity index (χ1n) is 47.3. The molecule has 16 amide bonds. The summed E-state index contributed by atoms with van der Waals surface area (Å²) in [6.07, 6.45) is 0.457. The number of phenols is 1. The highest BCUT2D eigenvalue weighted by molar-refractivity contribution is 6.41. The number of hydrogen-bond donors (Lipinski definition) is 21. The Hall–Kier alpha value is -13.1. The number of phenolic OH excluding ortho intramolecular Hbond substituents is 1. The van der Waals surface area contributed by atoms with E-state index in [1.807, 2.05) is 0 Å². The molecule has 2 heterocycles. The van der Waals surface area contributed by atoms with Gasteiger partial charge in [-0.2, -0.15) is 0 Å². The van der Waals surface area contributed by atoms with Crippen LogP contribution < -0.4 is 91.2 Å². The van der Waals surface area contributed by atoms with Crippen LogP contribution in [0.15, 0.2) is 85.1 Å². The molecule has 1 aliphatic heterocycles. The van der Waals surface area contributed by atoms with Gasteiger partial charge < -0.3 is 112 Å². The number of aromatic amines is 1. The summed E-state index contributed by atoms with van der Waals surface area (Å²) < 4.78 is 0. The molecule has 41 heteroatoms. The third kappa shape index (κ3) is 38.5. The minimum Gasteiger partial charge on any atom is -0.508 e.